The lowest BCUT2D eigenvalue weighted by molar-refractivity contribution is 0.198. The van der Waals surface area contributed by atoms with Crippen molar-refractivity contribution in [3.05, 3.63) is 29.8 Å². The number of rotatable bonds is 5. The summed E-state index contributed by atoms with van der Waals surface area (Å²) < 4.78 is 5.37. The maximum atomic E-state index is 9.32. The quantitative estimate of drug-likeness (QED) is 0.702. The summed E-state index contributed by atoms with van der Waals surface area (Å²) in [5.41, 5.74) is 0.839. The second-order valence-corrected chi connectivity index (χ2v) is 3.17. The molecule has 0 radical (unpaired) electrons. The van der Waals surface area contributed by atoms with Crippen molar-refractivity contribution in [3.63, 3.8) is 0 Å². The molecule has 0 spiro atoms. The summed E-state index contributed by atoms with van der Waals surface area (Å²) in [6.45, 7) is 2.35. The van der Waals surface area contributed by atoms with Crippen LogP contribution in [-0.2, 0) is 0 Å². The molecule has 1 rings (SSSR count). The van der Waals surface area contributed by atoms with E-state index in [-0.39, 0.29) is 6.61 Å². The topological polar surface area (TPSA) is 49.7 Å². The fourth-order valence-corrected chi connectivity index (χ4v) is 1.12. The average Bonchev–Trinajstić information content (AvgIpc) is 2.19. The molecular formula is C11H16O3. The van der Waals surface area contributed by atoms with Gasteiger partial charge in [-0.05, 0) is 24.6 Å². The van der Waals surface area contributed by atoms with Crippen LogP contribution in [0.4, 0.5) is 0 Å². The molecule has 0 fully saturated rings. The third-order valence-electron chi connectivity index (χ3n) is 1.91. The van der Waals surface area contributed by atoms with Crippen LogP contribution in [0.15, 0.2) is 24.3 Å². The van der Waals surface area contributed by atoms with E-state index in [1.165, 1.54) is 0 Å². The molecular weight excluding hydrogens is 180 g/mol. The zero-order valence-corrected chi connectivity index (χ0v) is 8.31. The minimum Gasteiger partial charge on any atom is -0.493 e. The van der Waals surface area contributed by atoms with Gasteiger partial charge in [0.25, 0.3) is 0 Å². The van der Waals surface area contributed by atoms with Crippen molar-refractivity contribution in [1.29, 1.82) is 0 Å². The standard InChI is InChI=1S/C11H16O3/c1-9(13)10-4-2-5-11(8-10)14-7-3-6-12/h2,4-5,8-9,12-13H,3,6-7H2,1H3/t9-/m1/s1. The molecule has 3 heteroatoms. The van der Waals surface area contributed by atoms with Gasteiger partial charge in [-0.1, -0.05) is 12.1 Å². The number of hydrogen-bond acceptors (Lipinski definition) is 3. The van der Waals surface area contributed by atoms with E-state index in [9.17, 15) is 5.11 Å². The zero-order valence-electron chi connectivity index (χ0n) is 8.31. The van der Waals surface area contributed by atoms with E-state index in [1.54, 1.807) is 6.92 Å². The molecule has 0 saturated heterocycles. The Balaban J connectivity index is 2.55. The van der Waals surface area contributed by atoms with E-state index in [0.29, 0.717) is 13.0 Å². The monoisotopic (exact) mass is 196 g/mol. The first kappa shape index (κ1) is 11.0. The lowest BCUT2D eigenvalue weighted by Crippen LogP contribution is -2.00. The van der Waals surface area contributed by atoms with Gasteiger partial charge < -0.3 is 14.9 Å². The van der Waals surface area contributed by atoms with Crippen LogP contribution in [0.1, 0.15) is 25.0 Å². The molecule has 1 atom stereocenters. The van der Waals surface area contributed by atoms with Crippen LogP contribution >= 0.6 is 0 Å². The largest absolute Gasteiger partial charge is 0.493 e. The average molecular weight is 196 g/mol. The first-order chi connectivity index (χ1) is 6.74. The highest BCUT2D eigenvalue weighted by molar-refractivity contribution is 5.29. The number of aliphatic hydroxyl groups excluding tert-OH is 2. The summed E-state index contributed by atoms with van der Waals surface area (Å²) >= 11 is 0. The van der Waals surface area contributed by atoms with Crippen molar-refractivity contribution in [2.24, 2.45) is 0 Å². The fraction of sp³-hybridized carbons (Fsp3) is 0.455. The SMILES string of the molecule is C[C@@H](O)c1cccc(OCCCO)c1. The maximum Gasteiger partial charge on any atom is 0.119 e. The third-order valence-corrected chi connectivity index (χ3v) is 1.91. The van der Waals surface area contributed by atoms with Crippen LogP contribution in [0.2, 0.25) is 0 Å². The van der Waals surface area contributed by atoms with Crippen molar-refractivity contribution in [3.8, 4) is 5.75 Å². The fourth-order valence-electron chi connectivity index (χ4n) is 1.12. The van der Waals surface area contributed by atoms with Gasteiger partial charge in [0.15, 0.2) is 0 Å². The molecule has 14 heavy (non-hydrogen) atoms. The van der Waals surface area contributed by atoms with Gasteiger partial charge in [-0.15, -0.1) is 0 Å². The number of ether oxygens (including phenoxy) is 1. The van der Waals surface area contributed by atoms with Gasteiger partial charge in [0.2, 0.25) is 0 Å². The molecule has 0 aromatic heterocycles. The molecule has 2 N–H and O–H groups in total. The van der Waals surface area contributed by atoms with Gasteiger partial charge in [-0.25, -0.2) is 0 Å². The Morgan fingerprint density at radius 3 is 2.86 bits per heavy atom. The summed E-state index contributed by atoms with van der Waals surface area (Å²) in [6.07, 6.45) is 0.148. The van der Waals surface area contributed by atoms with Crippen molar-refractivity contribution in [1.82, 2.24) is 0 Å². The van der Waals surface area contributed by atoms with E-state index >= 15 is 0 Å². The van der Waals surface area contributed by atoms with Gasteiger partial charge in [0.05, 0.1) is 12.7 Å². The van der Waals surface area contributed by atoms with Gasteiger partial charge in [0, 0.05) is 13.0 Å². The predicted molar refractivity (Wildman–Crippen MR) is 54.3 cm³/mol. The molecule has 0 saturated carbocycles. The van der Waals surface area contributed by atoms with Crippen molar-refractivity contribution < 1.29 is 14.9 Å². The van der Waals surface area contributed by atoms with Gasteiger partial charge in [0.1, 0.15) is 5.75 Å². The normalized spacial score (nSPS) is 12.5. The second-order valence-electron chi connectivity index (χ2n) is 3.17. The molecule has 3 nitrogen and oxygen atoms in total. The van der Waals surface area contributed by atoms with E-state index in [2.05, 4.69) is 0 Å². The van der Waals surface area contributed by atoms with Crippen LogP contribution in [0, 0.1) is 0 Å². The Kier molecular flexibility index (Phi) is 4.43. The van der Waals surface area contributed by atoms with Crippen LogP contribution in [0.5, 0.6) is 5.75 Å². The summed E-state index contributed by atoms with van der Waals surface area (Å²) in [6, 6.07) is 7.34. The lowest BCUT2D eigenvalue weighted by Gasteiger charge is -2.08. The second kappa shape index (κ2) is 5.62. The Morgan fingerprint density at radius 1 is 1.43 bits per heavy atom. The smallest absolute Gasteiger partial charge is 0.119 e. The minimum atomic E-state index is -0.476. The molecule has 78 valence electrons. The molecule has 0 aliphatic heterocycles. The Labute approximate surface area is 84.0 Å². The predicted octanol–water partition coefficient (Wildman–Crippen LogP) is 1.50. The van der Waals surface area contributed by atoms with Crippen LogP contribution in [0.3, 0.4) is 0 Å². The minimum absolute atomic E-state index is 0.135. The summed E-state index contributed by atoms with van der Waals surface area (Å²) in [5, 5.41) is 17.9. The van der Waals surface area contributed by atoms with Gasteiger partial charge in [-0.2, -0.15) is 0 Å². The highest BCUT2D eigenvalue weighted by Gasteiger charge is 2.01. The highest BCUT2D eigenvalue weighted by atomic mass is 16.5. The molecule has 0 amide bonds. The van der Waals surface area contributed by atoms with E-state index in [1.807, 2.05) is 24.3 Å². The van der Waals surface area contributed by atoms with Crippen LogP contribution < -0.4 is 4.74 Å². The zero-order chi connectivity index (χ0) is 10.4. The molecule has 1 aromatic carbocycles. The number of aliphatic hydroxyl groups is 2. The van der Waals surface area contributed by atoms with Crippen molar-refractivity contribution in [2.75, 3.05) is 13.2 Å². The van der Waals surface area contributed by atoms with Crippen molar-refractivity contribution >= 4 is 0 Å². The van der Waals surface area contributed by atoms with E-state index < -0.39 is 6.10 Å². The van der Waals surface area contributed by atoms with Crippen molar-refractivity contribution in [2.45, 2.75) is 19.4 Å². The molecule has 1 aromatic rings. The molecule has 0 heterocycles. The third kappa shape index (κ3) is 3.36. The maximum absolute atomic E-state index is 9.32. The van der Waals surface area contributed by atoms with Crippen LogP contribution in [0.25, 0.3) is 0 Å². The Bertz CT molecular complexity index is 271. The van der Waals surface area contributed by atoms with E-state index in [0.717, 1.165) is 11.3 Å². The Hall–Kier alpha value is -1.06. The van der Waals surface area contributed by atoms with E-state index in [4.69, 9.17) is 9.84 Å². The number of benzene rings is 1. The summed E-state index contributed by atoms with van der Waals surface area (Å²) in [4.78, 5) is 0. The Morgan fingerprint density at radius 2 is 2.21 bits per heavy atom. The highest BCUT2D eigenvalue weighted by Crippen LogP contribution is 2.18. The first-order valence-corrected chi connectivity index (χ1v) is 4.75. The summed E-state index contributed by atoms with van der Waals surface area (Å²) in [5.74, 6) is 0.733. The van der Waals surface area contributed by atoms with Gasteiger partial charge >= 0.3 is 0 Å². The molecule has 0 bridgehead atoms. The van der Waals surface area contributed by atoms with Gasteiger partial charge in [-0.3, -0.25) is 0 Å². The molecule has 0 aliphatic carbocycles. The summed E-state index contributed by atoms with van der Waals surface area (Å²) in [7, 11) is 0. The van der Waals surface area contributed by atoms with Crippen LogP contribution in [-0.4, -0.2) is 23.4 Å². The lowest BCUT2D eigenvalue weighted by atomic mass is 10.1. The first-order valence-electron chi connectivity index (χ1n) is 4.75. The number of hydrogen-bond donors (Lipinski definition) is 2. The molecule has 0 unspecified atom stereocenters. The molecule has 0 aliphatic rings.